The Hall–Kier alpha value is -3.28. The summed E-state index contributed by atoms with van der Waals surface area (Å²) >= 11 is 0. The van der Waals surface area contributed by atoms with Crippen LogP contribution in [-0.2, 0) is 4.79 Å². The third-order valence-corrected chi connectivity index (χ3v) is 5.11. The Morgan fingerprint density at radius 2 is 1.83 bits per heavy atom. The summed E-state index contributed by atoms with van der Waals surface area (Å²) in [5.74, 6) is 0.443. The minimum Gasteiger partial charge on any atom is -0.484 e. The molecule has 0 radical (unpaired) electrons. The number of carbonyl (C=O) groups is 1. The summed E-state index contributed by atoms with van der Waals surface area (Å²) in [6, 6.07) is 15.6. The largest absolute Gasteiger partial charge is 0.484 e. The van der Waals surface area contributed by atoms with Crippen molar-refractivity contribution in [3.63, 3.8) is 0 Å². The second kappa shape index (κ2) is 8.82. The highest BCUT2D eigenvalue weighted by Crippen LogP contribution is 2.31. The third kappa shape index (κ3) is 4.59. The number of piperidine rings is 1. The maximum atomic E-state index is 13.3. The molecule has 0 saturated carbocycles. The van der Waals surface area contributed by atoms with E-state index in [4.69, 9.17) is 4.74 Å². The van der Waals surface area contributed by atoms with Gasteiger partial charge in [-0.25, -0.2) is 4.39 Å². The van der Waals surface area contributed by atoms with Crippen molar-refractivity contribution in [2.24, 2.45) is 0 Å². The normalized spacial score (nSPS) is 16.4. The molecule has 6 heteroatoms. The van der Waals surface area contributed by atoms with E-state index in [1.807, 2.05) is 35.2 Å². The Kier molecular flexibility index (Phi) is 5.79. The average molecular weight is 391 g/mol. The topological polar surface area (TPSA) is 55.3 Å². The van der Waals surface area contributed by atoms with Crippen LogP contribution in [0.3, 0.4) is 0 Å². The number of rotatable bonds is 5. The van der Waals surface area contributed by atoms with E-state index in [9.17, 15) is 9.18 Å². The molecule has 1 atom stereocenters. The van der Waals surface area contributed by atoms with E-state index in [1.54, 1.807) is 24.5 Å². The molecular weight excluding hydrogens is 369 g/mol. The highest BCUT2D eigenvalue weighted by atomic mass is 19.1. The first-order chi connectivity index (χ1) is 14.2. The van der Waals surface area contributed by atoms with Crippen LogP contribution < -0.4 is 4.74 Å². The molecule has 1 fully saturated rings. The van der Waals surface area contributed by atoms with Gasteiger partial charge >= 0.3 is 0 Å². The number of halogens is 1. The number of aromatic nitrogens is 2. The monoisotopic (exact) mass is 391 g/mol. The first kappa shape index (κ1) is 19.1. The fourth-order valence-electron chi connectivity index (χ4n) is 3.66. The average Bonchev–Trinajstić information content (AvgIpc) is 2.79. The van der Waals surface area contributed by atoms with Crippen molar-refractivity contribution in [1.29, 1.82) is 0 Å². The fourth-order valence-corrected chi connectivity index (χ4v) is 3.66. The lowest BCUT2D eigenvalue weighted by atomic mass is 9.91. The zero-order valence-corrected chi connectivity index (χ0v) is 16.0. The predicted molar refractivity (Wildman–Crippen MR) is 108 cm³/mol. The van der Waals surface area contributed by atoms with Crippen LogP contribution in [0.1, 0.15) is 24.5 Å². The number of likely N-dealkylation sites (tertiary alicyclic amines) is 1. The smallest absolute Gasteiger partial charge is 0.260 e. The van der Waals surface area contributed by atoms with Gasteiger partial charge in [-0.3, -0.25) is 14.8 Å². The Morgan fingerprint density at radius 1 is 1.07 bits per heavy atom. The molecule has 2 aromatic carbocycles. The lowest BCUT2D eigenvalue weighted by Gasteiger charge is -2.33. The number of hydrogen-bond donors (Lipinski definition) is 0. The SMILES string of the molecule is O=C(COc1ccccc1)N1CCC[C@@H](c2nccnc2-c2ccc(F)cc2)C1. The molecule has 0 unspecified atom stereocenters. The summed E-state index contributed by atoms with van der Waals surface area (Å²) in [6.45, 7) is 1.30. The van der Waals surface area contributed by atoms with Gasteiger partial charge in [-0.2, -0.15) is 0 Å². The second-order valence-corrected chi connectivity index (χ2v) is 7.08. The quantitative estimate of drug-likeness (QED) is 0.658. The molecule has 4 rings (SSSR count). The minimum absolute atomic E-state index is 0.0159. The van der Waals surface area contributed by atoms with Gasteiger partial charge in [-0.05, 0) is 49.2 Å². The molecule has 1 amide bonds. The summed E-state index contributed by atoms with van der Waals surface area (Å²) in [6.07, 6.45) is 5.13. The van der Waals surface area contributed by atoms with Gasteiger partial charge in [0.1, 0.15) is 11.6 Å². The molecule has 0 spiro atoms. The van der Waals surface area contributed by atoms with Crippen LogP contribution in [0.4, 0.5) is 4.39 Å². The van der Waals surface area contributed by atoms with Crippen LogP contribution in [0.25, 0.3) is 11.3 Å². The molecule has 3 aromatic rings. The molecule has 5 nitrogen and oxygen atoms in total. The lowest BCUT2D eigenvalue weighted by molar-refractivity contribution is -0.134. The summed E-state index contributed by atoms with van der Waals surface area (Å²) in [5.41, 5.74) is 2.42. The van der Waals surface area contributed by atoms with Crippen LogP contribution in [0.15, 0.2) is 67.0 Å². The van der Waals surface area contributed by atoms with Crippen LogP contribution >= 0.6 is 0 Å². The third-order valence-electron chi connectivity index (χ3n) is 5.11. The highest BCUT2D eigenvalue weighted by molar-refractivity contribution is 5.78. The first-order valence-electron chi connectivity index (χ1n) is 9.73. The number of ether oxygens (including phenoxy) is 1. The highest BCUT2D eigenvalue weighted by Gasteiger charge is 2.28. The van der Waals surface area contributed by atoms with Gasteiger partial charge in [0.25, 0.3) is 5.91 Å². The van der Waals surface area contributed by atoms with E-state index >= 15 is 0 Å². The van der Waals surface area contributed by atoms with Crippen molar-refractivity contribution in [2.75, 3.05) is 19.7 Å². The molecule has 1 aromatic heterocycles. The number of carbonyl (C=O) groups excluding carboxylic acids is 1. The molecule has 2 heterocycles. The molecule has 0 N–H and O–H groups in total. The van der Waals surface area contributed by atoms with Crippen LogP contribution in [0.5, 0.6) is 5.75 Å². The van der Waals surface area contributed by atoms with Gasteiger partial charge in [0.2, 0.25) is 0 Å². The molecule has 1 saturated heterocycles. The van der Waals surface area contributed by atoms with Gasteiger partial charge < -0.3 is 9.64 Å². The maximum Gasteiger partial charge on any atom is 0.260 e. The molecule has 29 heavy (non-hydrogen) atoms. The van der Waals surface area contributed by atoms with E-state index in [2.05, 4.69) is 9.97 Å². The van der Waals surface area contributed by atoms with Gasteiger partial charge in [0.05, 0.1) is 11.4 Å². The summed E-state index contributed by atoms with van der Waals surface area (Å²) in [4.78, 5) is 23.5. The first-order valence-corrected chi connectivity index (χ1v) is 9.73. The predicted octanol–water partition coefficient (Wildman–Crippen LogP) is 4.07. The van der Waals surface area contributed by atoms with Gasteiger partial charge in [-0.15, -0.1) is 0 Å². The lowest BCUT2D eigenvalue weighted by Crippen LogP contribution is -2.41. The van der Waals surface area contributed by atoms with E-state index in [0.29, 0.717) is 18.8 Å². The van der Waals surface area contributed by atoms with Crippen molar-refractivity contribution in [3.8, 4) is 17.0 Å². The zero-order chi connectivity index (χ0) is 20.1. The Labute approximate surface area is 169 Å². The number of amides is 1. The van der Waals surface area contributed by atoms with Crippen LogP contribution in [-0.4, -0.2) is 40.5 Å². The number of nitrogens with zero attached hydrogens (tertiary/aromatic N) is 3. The van der Waals surface area contributed by atoms with Crippen molar-refractivity contribution in [3.05, 3.63) is 78.5 Å². The van der Waals surface area contributed by atoms with E-state index in [-0.39, 0.29) is 24.2 Å². The molecule has 0 bridgehead atoms. The van der Waals surface area contributed by atoms with Crippen LogP contribution in [0, 0.1) is 5.82 Å². The van der Waals surface area contributed by atoms with E-state index < -0.39 is 0 Å². The summed E-state index contributed by atoms with van der Waals surface area (Å²) in [7, 11) is 0. The Morgan fingerprint density at radius 3 is 2.62 bits per heavy atom. The maximum absolute atomic E-state index is 13.3. The van der Waals surface area contributed by atoms with Crippen molar-refractivity contribution < 1.29 is 13.9 Å². The minimum atomic E-state index is -0.285. The molecule has 0 aliphatic carbocycles. The summed E-state index contributed by atoms with van der Waals surface area (Å²) in [5, 5.41) is 0. The Balaban J connectivity index is 1.47. The molecule has 1 aliphatic rings. The zero-order valence-electron chi connectivity index (χ0n) is 16.0. The van der Waals surface area contributed by atoms with Crippen LogP contribution in [0.2, 0.25) is 0 Å². The molecule has 148 valence electrons. The second-order valence-electron chi connectivity index (χ2n) is 7.08. The van der Waals surface area contributed by atoms with E-state index in [0.717, 1.165) is 29.8 Å². The Bertz CT molecular complexity index is 963. The number of para-hydroxylation sites is 1. The number of benzene rings is 2. The van der Waals surface area contributed by atoms with Gasteiger partial charge in [0, 0.05) is 37.0 Å². The number of hydrogen-bond acceptors (Lipinski definition) is 4. The van der Waals surface area contributed by atoms with Gasteiger partial charge in [0.15, 0.2) is 6.61 Å². The van der Waals surface area contributed by atoms with Crippen molar-refractivity contribution in [2.45, 2.75) is 18.8 Å². The fraction of sp³-hybridized carbons (Fsp3) is 0.261. The standard InChI is InChI=1S/C23H22FN3O2/c24-19-10-8-17(9-11-19)22-23(26-13-12-25-22)18-5-4-14-27(15-18)21(28)16-29-20-6-2-1-3-7-20/h1-3,6-13,18H,4-5,14-16H2/t18-/m1/s1. The van der Waals surface area contributed by atoms with Gasteiger partial charge in [-0.1, -0.05) is 18.2 Å². The van der Waals surface area contributed by atoms with Crippen molar-refractivity contribution in [1.82, 2.24) is 14.9 Å². The summed E-state index contributed by atoms with van der Waals surface area (Å²) < 4.78 is 18.9. The van der Waals surface area contributed by atoms with E-state index in [1.165, 1.54) is 12.1 Å². The molecule has 1 aliphatic heterocycles. The van der Waals surface area contributed by atoms with Crippen molar-refractivity contribution >= 4 is 5.91 Å². The molecular formula is C23H22FN3O2.